The van der Waals surface area contributed by atoms with E-state index in [0.717, 1.165) is 32.1 Å². The zero-order chi connectivity index (χ0) is 12.3. The molecular weight excluding hydrogens is 218 g/mol. The summed E-state index contributed by atoms with van der Waals surface area (Å²) >= 11 is 0. The third-order valence-electron chi connectivity index (χ3n) is 3.99. The summed E-state index contributed by atoms with van der Waals surface area (Å²) in [4.78, 5) is 14.9. The van der Waals surface area contributed by atoms with Crippen molar-refractivity contribution in [3.05, 3.63) is 0 Å². The van der Waals surface area contributed by atoms with Crippen molar-refractivity contribution >= 4 is 6.09 Å². The fourth-order valence-corrected chi connectivity index (χ4v) is 2.84. The Hall–Kier alpha value is -0.810. The highest BCUT2D eigenvalue weighted by atomic mass is 16.4. The number of nitrogens with one attached hydrogen (secondary N) is 1. The van der Waals surface area contributed by atoms with E-state index in [-0.39, 0.29) is 0 Å². The van der Waals surface area contributed by atoms with Crippen LogP contribution in [0.3, 0.4) is 0 Å². The van der Waals surface area contributed by atoms with Crippen LogP contribution in [0.2, 0.25) is 0 Å². The molecule has 0 bridgehead atoms. The van der Waals surface area contributed by atoms with Gasteiger partial charge in [0.25, 0.3) is 0 Å². The Morgan fingerprint density at radius 2 is 2.06 bits per heavy atom. The summed E-state index contributed by atoms with van der Waals surface area (Å²) in [5, 5.41) is 12.3. The van der Waals surface area contributed by atoms with Crippen molar-refractivity contribution in [3.8, 4) is 0 Å². The predicted molar refractivity (Wildman–Crippen MR) is 66.2 cm³/mol. The highest BCUT2D eigenvalue weighted by molar-refractivity contribution is 5.65. The number of piperazine rings is 1. The summed E-state index contributed by atoms with van der Waals surface area (Å²) in [6, 6.07) is 0.356. The number of hydrogen-bond donors (Lipinski definition) is 2. The van der Waals surface area contributed by atoms with Gasteiger partial charge in [-0.2, -0.15) is 0 Å². The van der Waals surface area contributed by atoms with Gasteiger partial charge in [-0.1, -0.05) is 0 Å². The molecule has 2 aliphatic heterocycles. The zero-order valence-electron chi connectivity index (χ0n) is 10.6. The molecule has 1 atom stereocenters. The van der Waals surface area contributed by atoms with Crippen LogP contribution < -0.4 is 5.32 Å². The first kappa shape index (κ1) is 12.6. The van der Waals surface area contributed by atoms with Crippen molar-refractivity contribution in [1.29, 1.82) is 0 Å². The molecule has 0 aromatic rings. The molecule has 0 aromatic carbocycles. The minimum absolute atomic E-state index is 0.356. The Bertz CT molecular complexity index is 266. The maximum Gasteiger partial charge on any atom is 0.407 e. The monoisotopic (exact) mass is 241 g/mol. The quantitative estimate of drug-likeness (QED) is 0.746. The number of nitrogens with zero attached hydrogens (tertiary/aromatic N) is 2. The summed E-state index contributed by atoms with van der Waals surface area (Å²) in [5.41, 5.74) is 0. The lowest BCUT2D eigenvalue weighted by Crippen LogP contribution is -2.54. The van der Waals surface area contributed by atoms with E-state index < -0.39 is 6.09 Å². The van der Waals surface area contributed by atoms with Gasteiger partial charge in [-0.25, -0.2) is 4.79 Å². The Kier molecular flexibility index (Phi) is 4.23. The first-order valence-corrected chi connectivity index (χ1v) is 6.59. The van der Waals surface area contributed by atoms with Gasteiger partial charge in [-0.05, 0) is 38.8 Å². The molecule has 1 amide bonds. The lowest BCUT2D eigenvalue weighted by atomic mass is 9.96. The average molecular weight is 241 g/mol. The van der Waals surface area contributed by atoms with Crippen molar-refractivity contribution in [2.24, 2.45) is 5.92 Å². The first-order valence-electron chi connectivity index (χ1n) is 6.59. The maximum absolute atomic E-state index is 10.9. The lowest BCUT2D eigenvalue weighted by Gasteiger charge is -2.40. The van der Waals surface area contributed by atoms with Gasteiger partial charge in [-0.15, -0.1) is 0 Å². The maximum atomic E-state index is 10.9. The van der Waals surface area contributed by atoms with Crippen LogP contribution in [-0.4, -0.2) is 66.3 Å². The Morgan fingerprint density at radius 1 is 1.35 bits per heavy atom. The van der Waals surface area contributed by atoms with Crippen molar-refractivity contribution < 1.29 is 9.90 Å². The van der Waals surface area contributed by atoms with Gasteiger partial charge in [0.05, 0.1) is 0 Å². The average Bonchev–Trinajstić information content (AvgIpc) is 2.33. The van der Waals surface area contributed by atoms with Gasteiger partial charge in [-0.3, -0.25) is 4.90 Å². The van der Waals surface area contributed by atoms with E-state index in [4.69, 9.17) is 5.11 Å². The van der Waals surface area contributed by atoms with Crippen LogP contribution in [0.1, 0.15) is 19.8 Å². The molecule has 98 valence electrons. The van der Waals surface area contributed by atoms with Gasteiger partial charge in [0.15, 0.2) is 0 Å². The highest BCUT2D eigenvalue weighted by Gasteiger charge is 2.28. The lowest BCUT2D eigenvalue weighted by molar-refractivity contribution is 0.0625. The molecule has 2 heterocycles. The van der Waals surface area contributed by atoms with Gasteiger partial charge in [0, 0.05) is 32.2 Å². The molecule has 17 heavy (non-hydrogen) atoms. The molecule has 2 aliphatic rings. The van der Waals surface area contributed by atoms with E-state index in [0.29, 0.717) is 19.1 Å². The van der Waals surface area contributed by atoms with Gasteiger partial charge in [0.2, 0.25) is 0 Å². The normalized spacial score (nSPS) is 28.3. The van der Waals surface area contributed by atoms with E-state index in [9.17, 15) is 4.79 Å². The van der Waals surface area contributed by atoms with E-state index >= 15 is 0 Å². The van der Waals surface area contributed by atoms with E-state index in [1.165, 1.54) is 17.7 Å². The van der Waals surface area contributed by atoms with Crippen LogP contribution in [0.4, 0.5) is 4.79 Å². The summed E-state index contributed by atoms with van der Waals surface area (Å²) < 4.78 is 0. The molecule has 0 aromatic heterocycles. The van der Waals surface area contributed by atoms with Crippen molar-refractivity contribution in [2.45, 2.75) is 25.8 Å². The molecule has 5 heteroatoms. The van der Waals surface area contributed by atoms with Crippen LogP contribution in [-0.2, 0) is 0 Å². The van der Waals surface area contributed by atoms with Gasteiger partial charge in [0.1, 0.15) is 0 Å². The Balaban J connectivity index is 1.80. The van der Waals surface area contributed by atoms with Gasteiger partial charge < -0.3 is 15.3 Å². The fourth-order valence-electron chi connectivity index (χ4n) is 2.84. The van der Waals surface area contributed by atoms with E-state index in [1.54, 1.807) is 0 Å². The summed E-state index contributed by atoms with van der Waals surface area (Å²) in [7, 11) is 0. The molecule has 1 unspecified atom stereocenters. The van der Waals surface area contributed by atoms with Crippen molar-refractivity contribution in [1.82, 2.24) is 15.1 Å². The number of rotatable bonds is 2. The van der Waals surface area contributed by atoms with Crippen molar-refractivity contribution in [2.75, 3.05) is 39.3 Å². The van der Waals surface area contributed by atoms with E-state index in [1.807, 2.05) is 0 Å². The summed E-state index contributed by atoms with van der Waals surface area (Å²) in [6.45, 7) is 7.73. The van der Waals surface area contributed by atoms with Gasteiger partial charge >= 0.3 is 6.09 Å². The third kappa shape index (κ3) is 3.33. The summed E-state index contributed by atoms with van der Waals surface area (Å²) in [5.74, 6) is 0.787. The van der Waals surface area contributed by atoms with Crippen LogP contribution in [0.5, 0.6) is 0 Å². The fraction of sp³-hybridized carbons (Fsp3) is 0.917. The third-order valence-corrected chi connectivity index (χ3v) is 3.99. The second-order valence-electron chi connectivity index (χ2n) is 5.27. The molecule has 2 saturated heterocycles. The number of amides is 1. The number of carbonyl (C=O) groups is 1. The second-order valence-corrected chi connectivity index (χ2v) is 5.27. The summed E-state index contributed by atoms with van der Waals surface area (Å²) in [6.07, 6.45) is 1.73. The molecule has 0 radical (unpaired) electrons. The highest BCUT2D eigenvalue weighted by Crippen LogP contribution is 2.17. The predicted octanol–water partition coefficient (Wildman–Crippen LogP) is 0.670. The molecule has 2 rings (SSSR count). The molecule has 0 saturated carbocycles. The topological polar surface area (TPSA) is 55.8 Å². The molecule has 2 N–H and O–H groups in total. The van der Waals surface area contributed by atoms with E-state index in [2.05, 4.69) is 17.1 Å². The Morgan fingerprint density at radius 3 is 2.65 bits per heavy atom. The van der Waals surface area contributed by atoms with Crippen LogP contribution in [0.25, 0.3) is 0 Å². The largest absolute Gasteiger partial charge is 0.465 e. The van der Waals surface area contributed by atoms with Crippen LogP contribution in [0.15, 0.2) is 0 Å². The molecule has 0 aliphatic carbocycles. The number of carboxylic acid groups (broad SMARTS) is 1. The SMILES string of the molecule is CC1CN(C(=O)O)CCN1CC1CCNCC1. The molecular formula is C12H23N3O2. The molecule has 2 fully saturated rings. The first-order chi connectivity index (χ1) is 8.16. The zero-order valence-corrected chi connectivity index (χ0v) is 10.6. The second kappa shape index (κ2) is 5.69. The van der Waals surface area contributed by atoms with Crippen molar-refractivity contribution in [3.63, 3.8) is 0 Å². The molecule has 5 nitrogen and oxygen atoms in total. The minimum Gasteiger partial charge on any atom is -0.465 e. The molecule has 0 spiro atoms. The van der Waals surface area contributed by atoms with Crippen LogP contribution in [0, 0.1) is 5.92 Å². The number of hydrogen-bond acceptors (Lipinski definition) is 3. The Labute approximate surface area is 103 Å². The minimum atomic E-state index is -0.779. The van der Waals surface area contributed by atoms with Crippen LogP contribution >= 0.6 is 0 Å². The standard InChI is InChI=1S/C12H23N3O2/c1-10-8-15(12(16)17)7-6-14(10)9-11-2-4-13-5-3-11/h10-11,13H,2-9H2,1H3,(H,16,17). The number of piperidine rings is 1. The smallest absolute Gasteiger partial charge is 0.407 e.